The summed E-state index contributed by atoms with van der Waals surface area (Å²) in [6.45, 7) is 0. The zero-order valence-electron chi connectivity index (χ0n) is 9.34. The molecule has 1 heterocycles. The number of benzene rings is 1. The van der Waals surface area contributed by atoms with Gasteiger partial charge in [0.2, 0.25) is 5.95 Å². The highest BCUT2D eigenvalue weighted by Gasteiger charge is 2.09. The van der Waals surface area contributed by atoms with Crippen molar-refractivity contribution in [1.82, 2.24) is 9.97 Å². The van der Waals surface area contributed by atoms with E-state index >= 15 is 0 Å². The van der Waals surface area contributed by atoms with Gasteiger partial charge in [0.05, 0.1) is 25.1 Å². The average Bonchev–Trinajstić information content (AvgIpc) is 2.30. The lowest BCUT2D eigenvalue weighted by molar-refractivity contribution is 0.587. The average molecular weight is 241 g/mol. The number of rotatable bonds is 2. The molecule has 0 aliphatic rings. The SMILES string of the molecule is [2H]c1nc(Nc2cc(F)cc(F)c2N)ncc1F. The second-order valence-corrected chi connectivity index (χ2v) is 3.13. The third kappa shape index (κ3) is 2.44. The molecular formula is C10H7F3N4. The highest BCUT2D eigenvalue weighted by atomic mass is 19.1. The maximum absolute atomic E-state index is 13.1. The Hall–Kier alpha value is -2.31. The van der Waals surface area contributed by atoms with Gasteiger partial charge in [-0.1, -0.05) is 0 Å². The topological polar surface area (TPSA) is 63.8 Å². The van der Waals surface area contributed by atoms with Gasteiger partial charge < -0.3 is 11.1 Å². The maximum Gasteiger partial charge on any atom is 0.227 e. The number of nitrogens with zero attached hydrogens (tertiary/aromatic N) is 2. The number of hydrogen-bond donors (Lipinski definition) is 2. The Morgan fingerprint density at radius 1 is 1.18 bits per heavy atom. The highest BCUT2D eigenvalue weighted by Crippen LogP contribution is 2.25. The lowest BCUT2D eigenvalue weighted by Crippen LogP contribution is -2.03. The van der Waals surface area contributed by atoms with Crippen molar-refractivity contribution in [2.75, 3.05) is 11.1 Å². The van der Waals surface area contributed by atoms with Gasteiger partial charge in [0.1, 0.15) is 5.82 Å². The molecule has 1 aromatic carbocycles. The van der Waals surface area contributed by atoms with Gasteiger partial charge in [0.15, 0.2) is 11.6 Å². The summed E-state index contributed by atoms with van der Waals surface area (Å²) in [4.78, 5) is 6.95. The minimum atomic E-state index is -0.939. The normalized spacial score (nSPS) is 11.1. The van der Waals surface area contributed by atoms with Crippen LogP contribution in [-0.2, 0) is 0 Å². The van der Waals surface area contributed by atoms with E-state index in [1.807, 2.05) is 0 Å². The van der Waals surface area contributed by atoms with Gasteiger partial charge >= 0.3 is 0 Å². The first-order chi connectivity index (χ1) is 8.47. The molecule has 0 fully saturated rings. The van der Waals surface area contributed by atoms with Crippen LogP contribution in [0.1, 0.15) is 1.37 Å². The molecule has 0 amide bonds. The molecule has 0 saturated heterocycles. The van der Waals surface area contributed by atoms with Gasteiger partial charge in [-0.2, -0.15) is 0 Å². The van der Waals surface area contributed by atoms with Crippen LogP contribution in [0.5, 0.6) is 0 Å². The standard InChI is InChI=1S/C10H7F3N4/c11-5-1-7(13)9(14)8(2-5)17-10-15-3-6(12)4-16-10/h1-4H,14H2,(H,15,16,17)/i3D. The molecule has 0 atom stereocenters. The molecule has 3 N–H and O–H groups in total. The third-order valence-corrected chi connectivity index (χ3v) is 1.91. The molecule has 0 aliphatic heterocycles. The number of nitrogen functional groups attached to an aromatic ring is 1. The fourth-order valence-corrected chi connectivity index (χ4v) is 1.15. The molecule has 2 aromatic rings. The third-order valence-electron chi connectivity index (χ3n) is 1.91. The van der Waals surface area contributed by atoms with E-state index < -0.39 is 23.6 Å². The fraction of sp³-hybridized carbons (Fsp3) is 0. The Labute approximate surface area is 95.7 Å². The predicted molar refractivity (Wildman–Crippen MR) is 56.0 cm³/mol. The van der Waals surface area contributed by atoms with E-state index in [1.54, 1.807) is 0 Å². The summed E-state index contributed by atoms with van der Waals surface area (Å²) >= 11 is 0. The van der Waals surface area contributed by atoms with Gasteiger partial charge in [-0.05, 0) is 6.07 Å². The summed E-state index contributed by atoms with van der Waals surface area (Å²) < 4.78 is 46.0. The smallest absolute Gasteiger partial charge is 0.227 e. The fourth-order valence-electron chi connectivity index (χ4n) is 1.15. The van der Waals surface area contributed by atoms with E-state index in [2.05, 4.69) is 15.3 Å². The minimum absolute atomic E-state index is 0.0986. The van der Waals surface area contributed by atoms with Crippen LogP contribution in [0.2, 0.25) is 0 Å². The van der Waals surface area contributed by atoms with E-state index in [0.717, 1.165) is 12.3 Å². The monoisotopic (exact) mass is 241 g/mol. The van der Waals surface area contributed by atoms with Crippen LogP contribution in [0.3, 0.4) is 0 Å². The molecule has 0 aliphatic carbocycles. The van der Waals surface area contributed by atoms with Gasteiger partial charge in [-0.25, -0.2) is 23.1 Å². The molecule has 0 radical (unpaired) electrons. The van der Waals surface area contributed by atoms with Gasteiger partial charge in [-0.15, -0.1) is 0 Å². The van der Waals surface area contributed by atoms with Crippen LogP contribution in [0, 0.1) is 17.5 Å². The summed E-state index contributed by atoms with van der Waals surface area (Å²) in [6, 6.07) is 1.57. The minimum Gasteiger partial charge on any atom is -0.395 e. The van der Waals surface area contributed by atoms with Crippen molar-refractivity contribution < 1.29 is 14.5 Å². The quantitative estimate of drug-likeness (QED) is 0.791. The zero-order valence-corrected chi connectivity index (χ0v) is 8.34. The molecule has 0 spiro atoms. The van der Waals surface area contributed by atoms with E-state index in [0.29, 0.717) is 6.07 Å². The van der Waals surface area contributed by atoms with Crippen molar-refractivity contribution >= 4 is 17.3 Å². The van der Waals surface area contributed by atoms with Crippen LogP contribution in [0.4, 0.5) is 30.5 Å². The van der Waals surface area contributed by atoms with Crippen LogP contribution >= 0.6 is 0 Å². The van der Waals surface area contributed by atoms with Crippen molar-refractivity contribution in [2.24, 2.45) is 0 Å². The second-order valence-electron chi connectivity index (χ2n) is 3.13. The Kier molecular flexibility index (Phi) is 2.49. The van der Waals surface area contributed by atoms with Crippen molar-refractivity contribution in [1.29, 1.82) is 0 Å². The number of anilines is 3. The molecule has 0 bridgehead atoms. The van der Waals surface area contributed by atoms with Crippen molar-refractivity contribution in [3.63, 3.8) is 0 Å². The zero-order chi connectivity index (χ0) is 13.3. The first kappa shape index (κ1) is 9.88. The van der Waals surface area contributed by atoms with E-state index in [9.17, 15) is 13.2 Å². The first-order valence-corrected chi connectivity index (χ1v) is 4.48. The molecule has 0 saturated carbocycles. The molecule has 17 heavy (non-hydrogen) atoms. The summed E-state index contributed by atoms with van der Waals surface area (Å²) in [5, 5.41) is 2.41. The van der Waals surface area contributed by atoms with Gasteiger partial charge in [0, 0.05) is 6.07 Å². The van der Waals surface area contributed by atoms with Crippen molar-refractivity contribution in [2.45, 2.75) is 0 Å². The largest absolute Gasteiger partial charge is 0.395 e. The van der Waals surface area contributed by atoms with E-state index in [1.165, 1.54) is 0 Å². The summed E-state index contributed by atoms with van der Waals surface area (Å²) in [7, 11) is 0. The van der Waals surface area contributed by atoms with Gasteiger partial charge in [0.25, 0.3) is 0 Å². The summed E-state index contributed by atoms with van der Waals surface area (Å²) in [5.41, 5.74) is 4.96. The predicted octanol–water partition coefficient (Wildman–Crippen LogP) is 2.22. The van der Waals surface area contributed by atoms with Crippen LogP contribution in [-0.4, -0.2) is 9.97 Å². The van der Waals surface area contributed by atoms with Gasteiger partial charge in [-0.3, -0.25) is 0 Å². The Bertz CT molecular complexity index is 606. The number of nitrogens with one attached hydrogen (secondary N) is 1. The Morgan fingerprint density at radius 2 is 1.94 bits per heavy atom. The maximum atomic E-state index is 13.1. The second kappa shape index (κ2) is 4.28. The lowest BCUT2D eigenvalue weighted by atomic mass is 10.2. The number of hydrogen-bond acceptors (Lipinski definition) is 4. The van der Waals surface area contributed by atoms with Crippen molar-refractivity contribution in [3.05, 3.63) is 42.0 Å². The van der Waals surface area contributed by atoms with Crippen molar-refractivity contribution in [3.8, 4) is 0 Å². The van der Waals surface area contributed by atoms with Crippen LogP contribution in [0.25, 0.3) is 0 Å². The summed E-state index contributed by atoms with van der Waals surface area (Å²) in [6.07, 6.45) is 0.131. The van der Waals surface area contributed by atoms with E-state index in [4.69, 9.17) is 7.10 Å². The molecule has 88 valence electrons. The van der Waals surface area contributed by atoms with E-state index in [-0.39, 0.29) is 17.3 Å². The lowest BCUT2D eigenvalue weighted by Gasteiger charge is -2.08. The number of halogens is 3. The number of nitrogens with two attached hydrogens (primary N) is 1. The summed E-state index contributed by atoms with van der Waals surface area (Å²) in [5.74, 6) is -2.86. The molecule has 0 unspecified atom stereocenters. The molecule has 2 rings (SSSR count). The Morgan fingerprint density at radius 3 is 2.65 bits per heavy atom. The van der Waals surface area contributed by atoms with Crippen LogP contribution < -0.4 is 11.1 Å². The van der Waals surface area contributed by atoms with Crippen LogP contribution in [0.15, 0.2) is 24.5 Å². The highest BCUT2D eigenvalue weighted by molar-refractivity contribution is 5.70. The molecule has 7 heteroatoms. The first-order valence-electron chi connectivity index (χ1n) is 4.98. The number of aromatic nitrogens is 2. The molecule has 1 aromatic heterocycles. The molecular weight excluding hydrogens is 233 g/mol. The Balaban J connectivity index is 2.36. The molecule has 4 nitrogen and oxygen atoms in total.